The summed E-state index contributed by atoms with van der Waals surface area (Å²) in [4.78, 5) is 4.88. The highest BCUT2D eigenvalue weighted by molar-refractivity contribution is 5.59. The second-order valence-corrected chi connectivity index (χ2v) is 6.27. The van der Waals surface area contributed by atoms with Crippen molar-refractivity contribution in [3.05, 3.63) is 42.5 Å². The van der Waals surface area contributed by atoms with Crippen LogP contribution in [0.15, 0.2) is 42.5 Å². The molecule has 1 aromatic carbocycles. The number of rotatable bonds is 2. The lowest BCUT2D eigenvalue weighted by molar-refractivity contribution is 0.235. The van der Waals surface area contributed by atoms with Crippen molar-refractivity contribution < 1.29 is 0 Å². The van der Waals surface area contributed by atoms with E-state index >= 15 is 0 Å². The first-order valence-electron chi connectivity index (χ1n) is 7.64. The second kappa shape index (κ2) is 5.11. The number of fused-ring (bicyclic) bond motifs is 2. The average Bonchev–Trinajstić information content (AvgIpc) is 2.83. The van der Waals surface area contributed by atoms with Crippen LogP contribution in [-0.4, -0.2) is 47.8 Å². The number of benzene rings is 1. The van der Waals surface area contributed by atoms with Crippen LogP contribution < -0.4 is 4.90 Å². The van der Waals surface area contributed by atoms with Gasteiger partial charge in [-0.2, -0.15) is 0 Å². The quantitative estimate of drug-likeness (QED) is 0.845. The van der Waals surface area contributed by atoms with Crippen LogP contribution >= 0.6 is 0 Å². The van der Waals surface area contributed by atoms with Gasteiger partial charge in [0.25, 0.3) is 0 Å². The van der Waals surface area contributed by atoms with Crippen LogP contribution in [0.5, 0.6) is 0 Å². The minimum absolute atomic E-state index is 0.602. The number of hydrogen-bond acceptors (Lipinski definition) is 4. The lowest BCUT2D eigenvalue weighted by Crippen LogP contribution is -2.40. The number of hydrogen-bond donors (Lipinski definition) is 0. The second-order valence-electron chi connectivity index (χ2n) is 6.27. The van der Waals surface area contributed by atoms with Crippen LogP contribution in [0, 0.1) is 5.92 Å². The molecule has 2 bridgehead atoms. The zero-order valence-corrected chi connectivity index (χ0v) is 12.3. The van der Waals surface area contributed by atoms with E-state index in [-0.39, 0.29) is 0 Å². The monoisotopic (exact) mass is 280 g/mol. The Morgan fingerprint density at radius 2 is 1.81 bits per heavy atom. The summed E-state index contributed by atoms with van der Waals surface area (Å²) in [5, 5.41) is 8.90. The number of aromatic nitrogens is 2. The van der Waals surface area contributed by atoms with Gasteiger partial charge in [-0.1, -0.05) is 30.3 Å². The molecule has 0 aliphatic carbocycles. The Morgan fingerprint density at radius 3 is 2.57 bits per heavy atom. The predicted molar refractivity (Wildman–Crippen MR) is 84.2 cm³/mol. The van der Waals surface area contributed by atoms with Gasteiger partial charge in [-0.3, -0.25) is 0 Å². The molecule has 4 rings (SSSR count). The van der Waals surface area contributed by atoms with Crippen LogP contribution in [0.2, 0.25) is 0 Å². The number of likely N-dealkylation sites (tertiary alicyclic amines) is 1. The fourth-order valence-electron chi connectivity index (χ4n) is 3.72. The van der Waals surface area contributed by atoms with E-state index in [0.29, 0.717) is 6.04 Å². The van der Waals surface area contributed by atoms with E-state index in [1.54, 1.807) is 0 Å². The van der Waals surface area contributed by atoms with E-state index in [4.69, 9.17) is 0 Å². The molecule has 0 amide bonds. The summed E-state index contributed by atoms with van der Waals surface area (Å²) in [5.74, 6) is 1.81. The molecule has 2 aliphatic rings. The third kappa shape index (κ3) is 2.40. The molecule has 21 heavy (non-hydrogen) atoms. The molecule has 108 valence electrons. The molecule has 2 unspecified atom stereocenters. The predicted octanol–water partition coefficient (Wildman–Crippen LogP) is 2.28. The van der Waals surface area contributed by atoms with Crippen molar-refractivity contribution in [3.63, 3.8) is 0 Å². The molecular weight excluding hydrogens is 260 g/mol. The molecule has 0 N–H and O–H groups in total. The van der Waals surface area contributed by atoms with Crippen LogP contribution in [0.4, 0.5) is 5.82 Å². The molecule has 4 nitrogen and oxygen atoms in total. The Balaban J connectivity index is 1.57. The van der Waals surface area contributed by atoms with Crippen molar-refractivity contribution in [2.75, 3.05) is 31.6 Å². The highest BCUT2D eigenvalue weighted by Gasteiger charge is 2.38. The summed E-state index contributed by atoms with van der Waals surface area (Å²) in [6.45, 7) is 3.47. The fraction of sp³-hybridized carbons (Fsp3) is 0.412. The number of anilines is 1. The van der Waals surface area contributed by atoms with Crippen molar-refractivity contribution >= 4 is 5.82 Å². The summed E-state index contributed by atoms with van der Waals surface area (Å²) in [6, 6.07) is 15.0. The van der Waals surface area contributed by atoms with E-state index in [9.17, 15) is 0 Å². The van der Waals surface area contributed by atoms with Crippen LogP contribution in [0.1, 0.15) is 6.42 Å². The van der Waals surface area contributed by atoms with E-state index in [1.807, 2.05) is 18.2 Å². The smallest absolute Gasteiger partial charge is 0.151 e. The SMILES string of the molecule is CN1CC2CC(C1)N(c1ccc(-c3ccccc3)nn1)C2. The van der Waals surface area contributed by atoms with Gasteiger partial charge in [0.2, 0.25) is 0 Å². The van der Waals surface area contributed by atoms with E-state index < -0.39 is 0 Å². The highest BCUT2D eigenvalue weighted by Crippen LogP contribution is 2.32. The highest BCUT2D eigenvalue weighted by atomic mass is 15.3. The van der Waals surface area contributed by atoms with Crippen LogP contribution in [-0.2, 0) is 0 Å². The molecule has 4 heteroatoms. The number of likely N-dealkylation sites (N-methyl/N-ethyl adjacent to an activating group) is 1. The minimum atomic E-state index is 0.602. The van der Waals surface area contributed by atoms with Crippen molar-refractivity contribution in [1.29, 1.82) is 0 Å². The van der Waals surface area contributed by atoms with Gasteiger partial charge in [-0.15, -0.1) is 10.2 Å². The maximum atomic E-state index is 4.48. The van der Waals surface area contributed by atoms with Crippen molar-refractivity contribution in [2.45, 2.75) is 12.5 Å². The number of nitrogens with zero attached hydrogens (tertiary/aromatic N) is 4. The summed E-state index contributed by atoms with van der Waals surface area (Å²) in [7, 11) is 2.22. The third-order valence-corrected chi connectivity index (χ3v) is 4.61. The zero-order chi connectivity index (χ0) is 14.2. The summed E-state index contributed by atoms with van der Waals surface area (Å²) < 4.78 is 0. The molecule has 0 radical (unpaired) electrons. The van der Waals surface area contributed by atoms with Gasteiger partial charge in [0.1, 0.15) is 0 Å². The maximum absolute atomic E-state index is 4.48. The Bertz CT molecular complexity index is 610. The molecule has 2 fully saturated rings. The first-order valence-corrected chi connectivity index (χ1v) is 7.64. The molecule has 2 aromatic rings. The van der Waals surface area contributed by atoms with Gasteiger partial charge in [-0.05, 0) is 31.5 Å². The first kappa shape index (κ1) is 12.8. The minimum Gasteiger partial charge on any atom is -0.351 e. The van der Waals surface area contributed by atoms with Crippen molar-refractivity contribution in [2.24, 2.45) is 5.92 Å². The van der Waals surface area contributed by atoms with Gasteiger partial charge in [0.15, 0.2) is 5.82 Å². The maximum Gasteiger partial charge on any atom is 0.151 e. The number of piperidine rings is 1. The molecular formula is C17H20N4. The Kier molecular flexibility index (Phi) is 3.11. The molecule has 2 saturated heterocycles. The lowest BCUT2D eigenvalue weighted by atomic mass is 10.0. The van der Waals surface area contributed by atoms with E-state index in [2.05, 4.69) is 51.3 Å². The van der Waals surface area contributed by atoms with Crippen molar-refractivity contribution in [3.8, 4) is 11.3 Å². The first-order chi connectivity index (χ1) is 10.3. The molecule has 2 atom stereocenters. The normalized spacial score (nSPS) is 25.3. The van der Waals surface area contributed by atoms with Gasteiger partial charge >= 0.3 is 0 Å². The van der Waals surface area contributed by atoms with Gasteiger partial charge in [-0.25, -0.2) is 0 Å². The Hall–Kier alpha value is -1.94. The Morgan fingerprint density at radius 1 is 0.952 bits per heavy atom. The van der Waals surface area contributed by atoms with Gasteiger partial charge in [0.05, 0.1) is 5.69 Å². The third-order valence-electron chi connectivity index (χ3n) is 4.61. The summed E-state index contributed by atoms with van der Waals surface area (Å²) in [5.41, 5.74) is 2.06. The van der Waals surface area contributed by atoms with Crippen LogP contribution in [0.25, 0.3) is 11.3 Å². The molecule has 0 saturated carbocycles. The van der Waals surface area contributed by atoms with Gasteiger partial charge in [0, 0.05) is 31.2 Å². The summed E-state index contributed by atoms with van der Waals surface area (Å²) >= 11 is 0. The van der Waals surface area contributed by atoms with Crippen molar-refractivity contribution in [1.82, 2.24) is 15.1 Å². The van der Waals surface area contributed by atoms with E-state index in [1.165, 1.54) is 13.0 Å². The molecule has 2 aliphatic heterocycles. The standard InChI is InChI=1S/C17H20N4/c1-20-10-13-9-15(12-20)21(11-13)17-8-7-16(18-19-17)14-5-3-2-4-6-14/h2-8,13,15H,9-12H2,1H3. The largest absolute Gasteiger partial charge is 0.351 e. The molecule has 3 heterocycles. The fourth-order valence-corrected chi connectivity index (χ4v) is 3.72. The van der Waals surface area contributed by atoms with Gasteiger partial charge < -0.3 is 9.80 Å². The molecule has 0 spiro atoms. The average molecular weight is 280 g/mol. The molecule has 1 aromatic heterocycles. The Labute approximate surface area is 125 Å². The summed E-state index contributed by atoms with van der Waals surface area (Å²) in [6.07, 6.45) is 1.30. The zero-order valence-electron chi connectivity index (χ0n) is 12.3. The topological polar surface area (TPSA) is 32.3 Å². The van der Waals surface area contributed by atoms with Crippen LogP contribution in [0.3, 0.4) is 0 Å². The lowest BCUT2D eigenvalue weighted by Gasteiger charge is -2.30. The van der Waals surface area contributed by atoms with E-state index in [0.717, 1.165) is 36.1 Å².